The minimum atomic E-state index is -3.19. The Morgan fingerprint density at radius 1 is 1.07 bits per heavy atom. The fourth-order valence-electron chi connectivity index (χ4n) is 4.58. The fourth-order valence-corrected chi connectivity index (χ4v) is 5.21. The Labute approximate surface area is 164 Å². The fraction of sp³-hybridized carbons (Fsp3) is 0.333. The molecule has 144 valence electrons. The summed E-state index contributed by atoms with van der Waals surface area (Å²) in [4.78, 5) is 7.04. The first-order chi connectivity index (χ1) is 13.5. The van der Waals surface area contributed by atoms with Crippen LogP contribution in [-0.4, -0.2) is 40.4 Å². The topological polar surface area (TPSA) is 68.1 Å². The van der Waals surface area contributed by atoms with Gasteiger partial charge in [-0.15, -0.1) is 0 Å². The molecular formula is C21H22N4O2S. The van der Waals surface area contributed by atoms with E-state index in [0.717, 1.165) is 25.1 Å². The van der Waals surface area contributed by atoms with Crippen LogP contribution < -0.4 is 0 Å². The molecule has 0 N–H and O–H groups in total. The first kappa shape index (κ1) is 17.6. The van der Waals surface area contributed by atoms with E-state index in [-0.39, 0.29) is 0 Å². The second-order valence-corrected chi connectivity index (χ2v) is 9.72. The summed E-state index contributed by atoms with van der Waals surface area (Å²) < 4.78 is 25.4. The van der Waals surface area contributed by atoms with Gasteiger partial charge in [0.2, 0.25) is 0 Å². The summed E-state index contributed by atoms with van der Waals surface area (Å²) in [5, 5.41) is 4.65. The Bertz CT molecular complexity index is 1110. The second kappa shape index (κ2) is 6.53. The normalized spacial score (nSPS) is 21.6. The van der Waals surface area contributed by atoms with Crippen molar-refractivity contribution in [2.45, 2.75) is 42.8 Å². The van der Waals surface area contributed by atoms with Crippen molar-refractivity contribution in [1.82, 2.24) is 19.7 Å². The van der Waals surface area contributed by atoms with E-state index in [1.165, 1.54) is 29.5 Å². The molecule has 7 heteroatoms. The molecule has 0 spiro atoms. The summed E-state index contributed by atoms with van der Waals surface area (Å²) in [5.74, 6) is 0. The second-order valence-electron chi connectivity index (χ2n) is 7.70. The standard InChI is InChI=1S/C21H22N4O2S/c1-28(26,27)18-5-2-16(3-6-18)25-21-12-17-4-7-20(19(21)13-23-25)24(17)14-15-8-10-22-11-9-15/h2-3,5-6,8-11,13,17,20H,4,7,12,14H2,1H3/t17-,20-/m0/s1. The minimum Gasteiger partial charge on any atom is -0.289 e. The molecule has 1 aromatic carbocycles. The van der Waals surface area contributed by atoms with Crippen molar-refractivity contribution in [3.05, 3.63) is 71.8 Å². The predicted molar refractivity (Wildman–Crippen MR) is 106 cm³/mol. The molecule has 28 heavy (non-hydrogen) atoms. The highest BCUT2D eigenvalue weighted by Crippen LogP contribution is 2.44. The number of aromatic nitrogens is 3. The first-order valence-electron chi connectivity index (χ1n) is 9.52. The molecule has 4 heterocycles. The van der Waals surface area contributed by atoms with Crippen LogP contribution in [0.4, 0.5) is 0 Å². The van der Waals surface area contributed by atoms with Crippen LogP contribution in [-0.2, 0) is 22.8 Å². The van der Waals surface area contributed by atoms with Gasteiger partial charge in [-0.25, -0.2) is 13.1 Å². The molecule has 0 radical (unpaired) electrons. The lowest BCUT2D eigenvalue weighted by Crippen LogP contribution is -2.37. The van der Waals surface area contributed by atoms with E-state index in [1.54, 1.807) is 12.1 Å². The van der Waals surface area contributed by atoms with Gasteiger partial charge in [0, 0.05) is 49.3 Å². The van der Waals surface area contributed by atoms with E-state index in [2.05, 4.69) is 27.1 Å². The van der Waals surface area contributed by atoms with E-state index in [1.807, 2.05) is 35.4 Å². The zero-order valence-corrected chi connectivity index (χ0v) is 16.5. The molecule has 0 unspecified atom stereocenters. The maximum atomic E-state index is 11.7. The molecule has 3 aromatic rings. The van der Waals surface area contributed by atoms with E-state index >= 15 is 0 Å². The lowest BCUT2D eigenvalue weighted by Gasteiger charge is -2.35. The summed E-state index contributed by atoms with van der Waals surface area (Å²) in [6.45, 7) is 0.936. The highest BCUT2D eigenvalue weighted by molar-refractivity contribution is 7.90. The number of rotatable bonds is 4. The summed E-state index contributed by atoms with van der Waals surface area (Å²) in [7, 11) is -3.19. The van der Waals surface area contributed by atoms with Crippen LogP contribution in [0, 0.1) is 0 Å². The van der Waals surface area contributed by atoms with E-state index in [4.69, 9.17) is 0 Å². The smallest absolute Gasteiger partial charge is 0.175 e. The quantitative estimate of drug-likeness (QED) is 0.681. The Kier molecular flexibility index (Phi) is 4.10. The van der Waals surface area contributed by atoms with Crippen LogP contribution in [0.2, 0.25) is 0 Å². The lowest BCUT2D eigenvalue weighted by molar-refractivity contribution is 0.167. The zero-order valence-electron chi connectivity index (χ0n) is 15.7. The van der Waals surface area contributed by atoms with E-state index in [9.17, 15) is 8.42 Å². The monoisotopic (exact) mass is 394 g/mol. The van der Waals surface area contributed by atoms with Gasteiger partial charge < -0.3 is 0 Å². The Morgan fingerprint density at radius 2 is 1.82 bits per heavy atom. The van der Waals surface area contributed by atoms with Gasteiger partial charge in [0.05, 0.1) is 22.5 Å². The van der Waals surface area contributed by atoms with Gasteiger partial charge in [-0.1, -0.05) is 0 Å². The number of pyridine rings is 1. The maximum Gasteiger partial charge on any atom is 0.175 e. The van der Waals surface area contributed by atoms with Gasteiger partial charge in [0.1, 0.15) is 0 Å². The molecule has 0 aliphatic carbocycles. The molecule has 1 saturated heterocycles. The minimum absolute atomic E-state index is 0.334. The molecular weight excluding hydrogens is 372 g/mol. The van der Waals surface area contributed by atoms with Crippen molar-refractivity contribution >= 4 is 9.84 Å². The van der Waals surface area contributed by atoms with Crippen molar-refractivity contribution in [2.24, 2.45) is 0 Å². The summed E-state index contributed by atoms with van der Waals surface area (Å²) in [6.07, 6.45) is 10.2. The predicted octanol–water partition coefficient (Wildman–Crippen LogP) is 2.93. The number of fused-ring (bicyclic) bond motifs is 4. The molecule has 2 atom stereocenters. The molecule has 0 amide bonds. The molecule has 2 aromatic heterocycles. The third-order valence-corrected chi connectivity index (χ3v) is 7.08. The van der Waals surface area contributed by atoms with Crippen LogP contribution in [0.3, 0.4) is 0 Å². The Hall–Kier alpha value is -2.51. The molecule has 2 aliphatic rings. The molecule has 0 saturated carbocycles. The SMILES string of the molecule is CS(=O)(=O)c1ccc(-n2ncc3c2C[C@@H]2CC[C@@H]3N2Cc2ccncc2)cc1. The Morgan fingerprint density at radius 3 is 2.54 bits per heavy atom. The van der Waals surface area contributed by atoms with Gasteiger partial charge in [-0.3, -0.25) is 9.88 Å². The van der Waals surface area contributed by atoms with Crippen molar-refractivity contribution in [2.75, 3.05) is 6.26 Å². The van der Waals surface area contributed by atoms with Gasteiger partial charge in [0.25, 0.3) is 0 Å². The number of sulfone groups is 1. The Balaban J connectivity index is 1.46. The summed E-state index contributed by atoms with van der Waals surface area (Å²) in [6, 6.07) is 12.1. The highest BCUT2D eigenvalue weighted by atomic mass is 32.2. The third kappa shape index (κ3) is 2.95. The maximum absolute atomic E-state index is 11.7. The number of nitrogens with zero attached hydrogens (tertiary/aromatic N) is 4. The number of hydrogen-bond acceptors (Lipinski definition) is 5. The van der Waals surface area contributed by atoms with Gasteiger partial charge in [-0.05, 0) is 54.8 Å². The largest absolute Gasteiger partial charge is 0.289 e. The van der Waals surface area contributed by atoms with Gasteiger partial charge >= 0.3 is 0 Å². The van der Waals surface area contributed by atoms with Gasteiger partial charge in [0.15, 0.2) is 9.84 Å². The molecule has 1 fully saturated rings. The van der Waals surface area contributed by atoms with Crippen LogP contribution in [0.1, 0.15) is 35.7 Å². The third-order valence-electron chi connectivity index (χ3n) is 5.96. The molecule has 6 nitrogen and oxygen atoms in total. The summed E-state index contributed by atoms with van der Waals surface area (Å²) >= 11 is 0. The van der Waals surface area contributed by atoms with Crippen LogP contribution in [0.5, 0.6) is 0 Å². The van der Waals surface area contributed by atoms with E-state index < -0.39 is 9.84 Å². The number of hydrogen-bond donors (Lipinski definition) is 0. The molecule has 2 bridgehead atoms. The van der Waals surface area contributed by atoms with Gasteiger partial charge in [-0.2, -0.15) is 5.10 Å². The average molecular weight is 395 g/mol. The van der Waals surface area contributed by atoms with Crippen molar-refractivity contribution in [3.63, 3.8) is 0 Å². The molecule has 2 aliphatic heterocycles. The van der Waals surface area contributed by atoms with Crippen LogP contribution in [0.15, 0.2) is 59.9 Å². The summed E-state index contributed by atoms with van der Waals surface area (Å²) in [5.41, 5.74) is 4.76. The highest BCUT2D eigenvalue weighted by Gasteiger charge is 2.41. The van der Waals surface area contributed by atoms with Crippen molar-refractivity contribution < 1.29 is 8.42 Å². The van der Waals surface area contributed by atoms with E-state index in [0.29, 0.717) is 17.0 Å². The number of benzene rings is 1. The lowest BCUT2D eigenvalue weighted by atomic mass is 9.99. The molecule has 5 rings (SSSR count). The van der Waals surface area contributed by atoms with Crippen molar-refractivity contribution in [3.8, 4) is 5.69 Å². The first-order valence-corrected chi connectivity index (χ1v) is 11.4. The van der Waals surface area contributed by atoms with Crippen LogP contribution >= 0.6 is 0 Å². The van der Waals surface area contributed by atoms with Crippen molar-refractivity contribution in [1.29, 1.82) is 0 Å². The van der Waals surface area contributed by atoms with Crippen LogP contribution in [0.25, 0.3) is 5.69 Å². The zero-order chi connectivity index (χ0) is 19.3. The average Bonchev–Trinajstić information content (AvgIpc) is 3.22.